The number of nitro groups is 1. The first-order chi connectivity index (χ1) is 9.97. The van der Waals surface area contributed by atoms with Crippen LogP contribution in [-0.4, -0.2) is 29.2 Å². The van der Waals surface area contributed by atoms with Gasteiger partial charge < -0.3 is 15.7 Å². The van der Waals surface area contributed by atoms with Gasteiger partial charge in [-0.25, -0.2) is 4.79 Å². The molecule has 0 aliphatic rings. The number of hydrogen-bond donors (Lipinski definition) is 3. The van der Waals surface area contributed by atoms with Gasteiger partial charge >= 0.3 is 6.03 Å². The highest BCUT2D eigenvalue weighted by atomic mass is 16.6. The van der Waals surface area contributed by atoms with Gasteiger partial charge in [-0.3, -0.25) is 10.1 Å². The second-order valence-corrected chi connectivity index (χ2v) is 4.91. The molecule has 1 aromatic rings. The smallest absolute Gasteiger partial charge is 0.319 e. The minimum absolute atomic E-state index is 0.00366. The van der Waals surface area contributed by atoms with Gasteiger partial charge in [0.2, 0.25) is 0 Å². The SMILES string of the molecule is CCc1ccc(NC(=O)NCC(C)CCO)cc1[N+](=O)[O-]. The average Bonchev–Trinajstić information content (AvgIpc) is 2.45. The van der Waals surface area contributed by atoms with Gasteiger partial charge in [0.25, 0.3) is 5.69 Å². The molecule has 7 nitrogen and oxygen atoms in total. The van der Waals surface area contributed by atoms with Crippen LogP contribution in [0.1, 0.15) is 25.8 Å². The van der Waals surface area contributed by atoms with Gasteiger partial charge in [-0.2, -0.15) is 0 Å². The zero-order chi connectivity index (χ0) is 15.8. The number of amides is 2. The fourth-order valence-electron chi connectivity index (χ4n) is 1.88. The van der Waals surface area contributed by atoms with Crippen LogP contribution < -0.4 is 10.6 Å². The van der Waals surface area contributed by atoms with Crippen LogP contribution >= 0.6 is 0 Å². The molecule has 0 saturated carbocycles. The van der Waals surface area contributed by atoms with Crippen LogP contribution in [0.4, 0.5) is 16.2 Å². The van der Waals surface area contributed by atoms with Crippen LogP contribution in [0, 0.1) is 16.0 Å². The number of carbonyl (C=O) groups is 1. The maximum atomic E-state index is 11.7. The van der Waals surface area contributed by atoms with Crippen molar-refractivity contribution in [2.24, 2.45) is 5.92 Å². The van der Waals surface area contributed by atoms with Crippen LogP contribution in [-0.2, 0) is 6.42 Å². The number of urea groups is 1. The molecule has 0 radical (unpaired) electrons. The highest BCUT2D eigenvalue weighted by molar-refractivity contribution is 5.89. The van der Waals surface area contributed by atoms with Crippen LogP contribution in [0.15, 0.2) is 18.2 Å². The fraction of sp³-hybridized carbons (Fsp3) is 0.500. The number of anilines is 1. The number of hydrogen-bond acceptors (Lipinski definition) is 4. The summed E-state index contributed by atoms with van der Waals surface area (Å²) < 4.78 is 0. The molecule has 0 spiro atoms. The number of benzene rings is 1. The second-order valence-electron chi connectivity index (χ2n) is 4.91. The molecule has 116 valence electrons. The molecule has 0 bridgehead atoms. The minimum Gasteiger partial charge on any atom is -0.396 e. The number of aliphatic hydroxyl groups excluding tert-OH is 1. The van der Waals surface area contributed by atoms with Crippen molar-refractivity contribution in [1.29, 1.82) is 0 Å². The van der Waals surface area contributed by atoms with E-state index in [1.807, 2.05) is 13.8 Å². The lowest BCUT2D eigenvalue weighted by molar-refractivity contribution is -0.385. The topological polar surface area (TPSA) is 104 Å². The summed E-state index contributed by atoms with van der Waals surface area (Å²) in [6.07, 6.45) is 1.17. The molecule has 1 atom stereocenters. The molecule has 0 fully saturated rings. The van der Waals surface area contributed by atoms with Crippen molar-refractivity contribution in [2.75, 3.05) is 18.5 Å². The second kappa shape index (κ2) is 8.21. The van der Waals surface area contributed by atoms with Crippen molar-refractivity contribution in [3.05, 3.63) is 33.9 Å². The first-order valence-electron chi connectivity index (χ1n) is 6.91. The third kappa shape index (κ3) is 5.39. The van der Waals surface area contributed by atoms with Crippen molar-refractivity contribution >= 4 is 17.4 Å². The third-order valence-corrected chi connectivity index (χ3v) is 3.15. The highest BCUT2D eigenvalue weighted by Gasteiger charge is 2.14. The Hall–Kier alpha value is -2.15. The predicted octanol–water partition coefficient (Wildman–Crippen LogP) is 2.30. The molecule has 7 heteroatoms. The number of nitro benzene ring substituents is 1. The van der Waals surface area contributed by atoms with Gasteiger partial charge in [0.15, 0.2) is 0 Å². The monoisotopic (exact) mass is 295 g/mol. The summed E-state index contributed by atoms with van der Waals surface area (Å²) in [7, 11) is 0. The Kier molecular flexibility index (Phi) is 6.61. The van der Waals surface area contributed by atoms with E-state index >= 15 is 0 Å². The Bertz CT molecular complexity index is 505. The summed E-state index contributed by atoms with van der Waals surface area (Å²) >= 11 is 0. The summed E-state index contributed by atoms with van der Waals surface area (Å²) in [5.41, 5.74) is 1.01. The molecule has 21 heavy (non-hydrogen) atoms. The molecular formula is C14H21N3O4. The van der Waals surface area contributed by atoms with Gasteiger partial charge in [0, 0.05) is 30.5 Å². The average molecular weight is 295 g/mol. The number of nitrogens with one attached hydrogen (secondary N) is 2. The number of aryl methyl sites for hydroxylation is 1. The van der Waals surface area contributed by atoms with Gasteiger partial charge in [-0.15, -0.1) is 0 Å². The van der Waals surface area contributed by atoms with E-state index in [-0.39, 0.29) is 18.2 Å². The van der Waals surface area contributed by atoms with Crippen LogP contribution in [0.25, 0.3) is 0 Å². The number of aliphatic hydroxyl groups is 1. The Morgan fingerprint density at radius 3 is 2.76 bits per heavy atom. The summed E-state index contributed by atoms with van der Waals surface area (Å²) in [6, 6.07) is 4.22. The highest BCUT2D eigenvalue weighted by Crippen LogP contribution is 2.23. The van der Waals surface area contributed by atoms with Crippen molar-refractivity contribution in [1.82, 2.24) is 5.32 Å². The summed E-state index contributed by atoms with van der Waals surface area (Å²) in [5.74, 6) is 0.164. The van der Waals surface area contributed by atoms with E-state index in [1.165, 1.54) is 6.07 Å². The lowest BCUT2D eigenvalue weighted by atomic mass is 10.1. The van der Waals surface area contributed by atoms with Crippen molar-refractivity contribution in [2.45, 2.75) is 26.7 Å². The normalized spacial score (nSPS) is 11.8. The minimum atomic E-state index is -0.453. The van der Waals surface area contributed by atoms with E-state index in [0.29, 0.717) is 30.6 Å². The predicted molar refractivity (Wildman–Crippen MR) is 80.4 cm³/mol. The van der Waals surface area contributed by atoms with Crippen molar-refractivity contribution in [3.8, 4) is 0 Å². The van der Waals surface area contributed by atoms with E-state index < -0.39 is 11.0 Å². The summed E-state index contributed by atoms with van der Waals surface area (Å²) in [6.45, 7) is 4.26. The van der Waals surface area contributed by atoms with Crippen molar-refractivity contribution in [3.63, 3.8) is 0 Å². The molecule has 1 rings (SSSR count). The number of rotatable bonds is 7. The number of nitrogens with zero attached hydrogens (tertiary/aromatic N) is 1. The molecule has 0 saturated heterocycles. The third-order valence-electron chi connectivity index (χ3n) is 3.15. The van der Waals surface area contributed by atoms with Crippen LogP contribution in [0.2, 0.25) is 0 Å². The Morgan fingerprint density at radius 1 is 1.48 bits per heavy atom. The molecular weight excluding hydrogens is 274 g/mol. The Labute approximate surface area is 123 Å². The molecule has 1 unspecified atom stereocenters. The van der Waals surface area contributed by atoms with Gasteiger partial charge in [-0.1, -0.05) is 19.9 Å². The van der Waals surface area contributed by atoms with E-state index in [4.69, 9.17) is 5.11 Å². The molecule has 0 aliphatic carbocycles. The lowest BCUT2D eigenvalue weighted by Gasteiger charge is -2.12. The molecule has 0 aromatic heterocycles. The van der Waals surface area contributed by atoms with Crippen molar-refractivity contribution < 1.29 is 14.8 Å². The largest absolute Gasteiger partial charge is 0.396 e. The van der Waals surface area contributed by atoms with Gasteiger partial charge in [-0.05, 0) is 24.8 Å². The Balaban J connectivity index is 2.64. The first kappa shape index (κ1) is 16.9. The first-order valence-corrected chi connectivity index (χ1v) is 6.91. The van der Waals surface area contributed by atoms with E-state index in [2.05, 4.69) is 10.6 Å². The zero-order valence-corrected chi connectivity index (χ0v) is 12.3. The molecule has 3 N–H and O–H groups in total. The fourth-order valence-corrected chi connectivity index (χ4v) is 1.88. The quantitative estimate of drug-likeness (QED) is 0.530. The maximum absolute atomic E-state index is 11.7. The standard InChI is InChI=1S/C14H21N3O4/c1-3-11-4-5-12(8-13(11)17(20)21)16-14(19)15-9-10(2)6-7-18/h4-5,8,10,18H,3,6-7,9H2,1-2H3,(H2,15,16,19). The zero-order valence-electron chi connectivity index (χ0n) is 12.3. The molecule has 0 heterocycles. The van der Waals surface area contributed by atoms with Gasteiger partial charge in [0.05, 0.1) is 4.92 Å². The van der Waals surface area contributed by atoms with E-state index in [0.717, 1.165) is 0 Å². The van der Waals surface area contributed by atoms with Crippen LogP contribution in [0.3, 0.4) is 0 Å². The molecule has 2 amide bonds. The molecule has 1 aromatic carbocycles. The van der Waals surface area contributed by atoms with E-state index in [1.54, 1.807) is 12.1 Å². The lowest BCUT2D eigenvalue weighted by Crippen LogP contribution is -2.32. The maximum Gasteiger partial charge on any atom is 0.319 e. The van der Waals surface area contributed by atoms with Crippen LogP contribution in [0.5, 0.6) is 0 Å². The number of carbonyl (C=O) groups excluding carboxylic acids is 1. The summed E-state index contributed by atoms with van der Waals surface area (Å²) in [4.78, 5) is 22.2. The summed E-state index contributed by atoms with van der Waals surface area (Å²) in [5, 5.41) is 25.0. The van der Waals surface area contributed by atoms with E-state index in [9.17, 15) is 14.9 Å². The van der Waals surface area contributed by atoms with Gasteiger partial charge in [0.1, 0.15) is 0 Å². The Morgan fingerprint density at radius 2 is 2.19 bits per heavy atom. The molecule has 0 aliphatic heterocycles.